The van der Waals surface area contributed by atoms with Crippen LogP contribution in [0.15, 0.2) is 10.6 Å². The van der Waals surface area contributed by atoms with E-state index >= 15 is 0 Å². The molecule has 1 aliphatic rings. The van der Waals surface area contributed by atoms with Crippen LogP contribution in [-0.2, 0) is 0 Å². The molecule has 2 unspecified atom stereocenters. The van der Waals surface area contributed by atoms with Crippen molar-refractivity contribution >= 4 is 5.91 Å². The van der Waals surface area contributed by atoms with Gasteiger partial charge in [0.05, 0.1) is 5.69 Å². The van der Waals surface area contributed by atoms with Gasteiger partial charge in [0.1, 0.15) is 0 Å². The molecule has 17 heavy (non-hydrogen) atoms. The molecule has 5 nitrogen and oxygen atoms in total. The Kier molecular flexibility index (Phi) is 3.47. The van der Waals surface area contributed by atoms with E-state index in [0.29, 0.717) is 18.2 Å². The Bertz CT molecular complexity index is 402. The lowest BCUT2D eigenvalue weighted by Gasteiger charge is -2.35. The minimum absolute atomic E-state index is 0.0732. The van der Waals surface area contributed by atoms with Crippen LogP contribution in [0.1, 0.15) is 36.0 Å². The lowest BCUT2D eigenvalue weighted by atomic mass is 9.90. The molecule has 0 bridgehead atoms. The van der Waals surface area contributed by atoms with E-state index in [1.807, 2.05) is 4.90 Å². The van der Waals surface area contributed by atoms with E-state index in [4.69, 9.17) is 10.3 Å². The Hall–Kier alpha value is -1.36. The van der Waals surface area contributed by atoms with Gasteiger partial charge in [-0.05, 0) is 19.3 Å². The molecule has 94 valence electrons. The number of aryl methyl sites for hydroxylation is 1. The van der Waals surface area contributed by atoms with E-state index < -0.39 is 0 Å². The van der Waals surface area contributed by atoms with Gasteiger partial charge in [0.2, 0.25) is 5.76 Å². The van der Waals surface area contributed by atoms with E-state index in [1.54, 1.807) is 13.0 Å². The zero-order valence-corrected chi connectivity index (χ0v) is 10.3. The van der Waals surface area contributed by atoms with Crippen molar-refractivity contribution in [3.63, 3.8) is 0 Å². The average molecular weight is 237 g/mol. The number of carbonyl (C=O) groups is 1. The summed E-state index contributed by atoms with van der Waals surface area (Å²) in [4.78, 5) is 13.9. The number of nitrogens with zero attached hydrogens (tertiary/aromatic N) is 2. The van der Waals surface area contributed by atoms with E-state index in [1.165, 1.54) is 0 Å². The second kappa shape index (κ2) is 4.87. The molecular formula is C12H19N3O2. The predicted octanol–water partition coefficient (Wildman–Crippen LogP) is 1.18. The van der Waals surface area contributed by atoms with Crippen LogP contribution in [0.2, 0.25) is 0 Å². The van der Waals surface area contributed by atoms with Crippen LogP contribution in [0.25, 0.3) is 0 Å². The molecule has 1 aromatic heterocycles. The highest BCUT2D eigenvalue weighted by Gasteiger charge is 2.29. The number of carbonyl (C=O) groups excluding carboxylic acids is 1. The molecule has 5 heteroatoms. The maximum absolute atomic E-state index is 12.1. The van der Waals surface area contributed by atoms with Crippen molar-refractivity contribution in [2.45, 2.75) is 32.7 Å². The van der Waals surface area contributed by atoms with E-state index in [2.05, 4.69) is 12.1 Å². The van der Waals surface area contributed by atoms with Crippen LogP contribution in [0, 0.1) is 12.8 Å². The third-order valence-electron chi connectivity index (χ3n) is 3.44. The van der Waals surface area contributed by atoms with Crippen LogP contribution in [0.4, 0.5) is 0 Å². The van der Waals surface area contributed by atoms with Crippen molar-refractivity contribution in [2.75, 3.05) is 13.1 Å². The van der Waals surface area contributed by atoms with Gasteiger partial charge in [-0.15, -0.1) is 0 Å². The Morgan fingerprint density at radius 1 is 1.71 bits per heavy atom. The van der Waals surface area contributed by atoms with Gasteiger partial charge in [-0.3, -0.25) is 4.79 Å². The Morgan fingerprint density at radius 3 is 3.06 bits per heavy atom. The quantitative estimate of drug-likeness (QED) is 0.838. The van der Waals surface area contributed by atoms with Crippen molar-refractivity contribution < 1.29 is 9.32 Å². The van der Waals surface area contributed by atoms with Crippen molar-refractivity contribution in [1.29, 1.82) is 0 Å². The molecule has 0 spiro atoms. The van der Waals surface area contributed by atoms with Gasteiger partial charge in [0, 0.05) is 25.2 Å². The third kappa shape index (κ3) is 2.49. The predicted molar refractivity (Wildman–Crippen MR) is 63.5 cm³/mol. The number of piperidine rings is 1. The van der Waals surface area contributed by atoms with Crippen LogP contribution in [0.3, 0.4) is 0 Å². The van der Waals surface area contributed by atoms with E-state index in [0.717, 1.165) is 25.1 Å². The van der Waals surface area contributed by atoms with Crippen molar-refractivity contribution in [1.82, 2.24) is 10.1 Å². The molecule has 2 N–H and O–H groups in total. The number of hydrogen-bond acceptors (Lipinski definition) is 4. The van der Waals surface area contributed by atoms with Crippen molar-refractivity contribution in [3.05, 3.63) is 17.5 Å². The fraction of sp³-hybridized carbons (Fsp3) is 0.667. The first-order chi connectivity index (χ1) is 8.11. The van der Waals surface area contributed by atoms with Gasteiger partial charge in [0.15, 0.2) is 0 Å². The molecule has 1 fully saturated rings. The molecule has 1 aliphatic heterocycles. The monoisotopic (exact) mass is 237 g/mol. The molecule has 2 atom stereocenters. The number of amides is 1. The highest BCUT2D eigenvalue weighted by atomic mass is 16.5. The smallest absolute Gasteiger partial charge is 0.292 e. The minimum atomic E-state index is -0.0732. The molecule has 0 saturated carbocycles. The molecule has 2 rings (SSSR count). The van der Waals surface area contributed by atoms with Gasteiger partial charge < -0.3 is 15.2 Å². The van der Waals surface area contributed by atoms with Gasteiger partial charge in [-0.2, -0.15) is 0 Å². The lowest BCUT2D eigenvalue weighted by molar-refractivity contribution is 0.0608. The summed E-state index contributed by atoms with van der Waals surface area (Å²) in [5.41, 5.74) is 6.75. The fourth-order valence-electron chi connectivity index (χ4n) is 2.29. The number of likely N-dealkylation sites (tertiary alicyclic amines) is 1. The summed E-state index contributed by atoms with van der Waals surface area (Å²) in [7, 11) is 0. The van der Waals surface area contributed by atoms with Crippen molar-refractivity contribution in [3.8, 4) is 0 Å². The maximum Gasteiger partial charge on any atom is 0.292 e. The largest absolute Gasteiger partial charge is 0.351 e. The lowest BCUT2D eigenvalue weighted by Crippen LogP contribution is -2.48. The summed E-state index contributed by atoms with van der Waals surface area (Å²) in [6.07, 6.45) is 1.86. The van der Waals surface area contributed by atoms with E-state index in [-0.39, 0.29) is 11.9 Å². The maximum atomic E-state index is 12.1. The molecule has 1 saturated heterocycles. The topological polar surface area (TPSA) is 72.4 Å². The first-order valence-corrected chi connectivity index (χ1v) is 6.10. The molecule has 2 heterocycles. The standard InChI is InChI=1S/C12H19N3O2/c1-3-9-7-15(5-4-10(9)13)12(16)11-6-8(2)14-17-11/h6,9-10H,3-5,7,13H2,1-2H3. The number of rotatable bonds is 2. The van der Waals surface area contributed by atoms with Crippen LogP contribution < -0.4 is 5.73 Å². The molecule has 0 radical (unpaired) electrons. The Morgan fingerprint density at radius 2 is 2.47 bits per heavy atom. The van der Waals surface area contributed by atoms with Gasteiger partial charge in [-0.25, -0.2) is 0 Å². The summed E-state index contributed by atoms with van der Waals surface area (Å²) in [6.45, 7) is 5.34. The number of nitrogens with two attached hydrogens (primary N) is 1. The first-order valence-electron chi connectivity index (χ1n) is 6.10. The van der Waals surface area contributed by atoms with Crippen LogP contribution in [-0.4, -0.2) is 35.1 Å². The second-order valence-electron chi connectivity index (χ2n) is 4.70. The minimum Gasteiger partial charge on any atom is -0.351 e. The molecule has 0 aromatic carbocycles. The molecule has 1 amide bonds. The summed E-state index contributed by atoms with van der Waals surface area (Å²) in [5.74, 6) is 0.639. The van der Waals surface area contributed by atoms with Crippen LogP contribution in [0.5, 0.6) is 0 Å². The highest BCUT2D eigenvalue weighted by molar-refractivity contribution is 5.91. The summed E-state index contributed by atoms with van der Waals surface area (Å²) in [5, 5.41) is 3.74. The number of aromatic nitrogens is 1. The summed E-state index contributed by atoms with van der Waals surface area (Å²) in [6, 6.07) is 1.89. The highest BCUT2D eigenvalue weighted by Crippen LogP contribution is 2.20. The summed E-state index contributed by atoms with van der Waals surface area (Å²) >= 11 is 0. The Labute approximate surface area is 101 Å². The first kappa shape index (κ1) is 12.1. The van der Waals surface area contributed by atoms with Gasteiger partial charge >= 0.3 is 0 Å². The second-order valence-corrected chi connectivity index (χ2v) is 4.70. The van der Waals surface area contributed by atoms with Crippen molar-refractivity contribution in [2.24, 2.45) is 11.7 Å². The van der Waals surface area contributed by atoms with Gasteiger partial charge in [-0.1, -0.05) is 18.5 Å². The average Bonchev–Trinajstić information content (AvgIpc) is 2.75. The number of hydrogen-bond donors (Lipinski definition) is 1. The van der Waals surface area contributed by atoms with Crippen LogP contribution >= 0.6 is 0 Å². The third-order valence-corrected chi connectivity index (χ3v) is 3.44. The molecule has 0 aliphatic carbocycles. The molecular weight excluding hydrogens is 218 g/mol. The van der Waals surface area contributed by atoms with E-state index in [9.17, 15) is 4.79 Å². The normalized spacial score (nSPS) is 25.0. The fourth-order valence-corrected chi connectivity index (χ4v) is 2.29. The SMILES string of the molecule is CCC1CN(C(=O)c2cc(C)no2)CCC1N. The molecule has 1 aromatic rings. The summed E-state index contributed by atoms with van der Waals surface area (Å²) < 4.78 is 5.00. The van der Waals surface area contributed by atoms with Gasteiger partial charge in [0.25, 0.3) is 5.91 Å². The zero-order chi connectivity index (χ0) is 12.4. The zero-order valence-electron chi connectivity index (χ0n) is 10.3. The Balaban J connectivity index is 2.05.